The lowest BCUT2D eigenvalue weighted by Gasteiger charge is -2.06. The van der Waals surface area contributed by atoms with Crippen molar-refractivity contribution in [3.8, 4) is 10.6 Å². The number of carbonyl (C=O) groups is 2. The zero-order valence-corrected chi connectivity index (χ0v) is 16.8. The zero-order valence-electron chi connectivity index (χ0n) is 16.0. The summed E-state index contributed by atoms with van der Waals surface area (Å²) in [4.78, 5) is 25.7. The summed E-state index contributed by atoms with van der Waals surface area (Å²) in [6.07, 6.45) is 1.67. The highest BCUT2D eigenvalue weighted by molar-refractivity contribution is 7.13. The quantitative estimate of drug-likeness (QED) is 0.451. The van der Waals surface area contributed by atoms with Crippen LogP contribution in [0.2, 0.25) is 0 Å². The number of benzene rings is 2. The van der Waals surface area contributed by atoms with Gasteiger partial charge in [0, 0.05) is 11.9 Å². The average molecular weight is 417 g/mol. The predicted molar refractivity (Wildman–Crippen MR) is 116 cm³/mol. The second kappa shape index (κ2) is 9.19. The minimum atomic E-state index is -0.582. The molecule has 6 nitrogen and oxygen atoms in total. The number of para-hydroxylation sites is 1. The van der Waals surface area contributed by atoms with Gasteiger partial charge in [0.25, 0.3) is 5.91 Å². The Morgan fingerprint density at radius 2 is 1.70 bits per heavy atom. The highest BCUT2D eigenvalue weighted by Crippen LogP contribution is 2.27. The number of esters is 1. The van der Waals surface area contributed by atoms with Gasteiger partial charge in [-0.05, 0) is 29.1 Å². The first-order chi connectivity index (χ1) is 14.7. The number of ether oxygens (including phenoxy) is 1. The lowest BCUT2D eigenvalue weighted by atomic mass is 10.2. The summed E-state index contributed by atoms with van der Waals surface area (Å²) in [5.74, 6) is -0.982. The van der Waals surface area contributed by atoms with Crippen LogP contribution in [0.3, 0.4) is 0 Å². The molecule has 2 heterocycles. The van der Waals surface area contributed by atoms with E-state index in [1.54, 1.807) is 23.0 Å². The van der Waals surface area contributed by atoms with Crippen molar-refractivity contribution in [2.24, 2.45) is 0 Å². The molecule has 0 atom stereocenters. The molecule has 0 radical (unpaired) electrons. The molecule has 0 saturated heterocycles. The van der Waals surface area contributed by atoms with E-state index in [1.165, 1.54) is 11.3 Å². The van der Waals surface area contributed by atoms with Crippen LogP contribution in [0.4, 0.5) is 5.69 Å². The smallest absolute Gasteiger partial charge is 0.342 e. The van der Waals surface area contributed by atoms with Crippen LogP contribution in [0.25, 0.3) is 10.6 Å². The molecular formula is C23H19N3O3S. The first kappa shape index (κ1) is 19.6. The molecule has 0 aliphatic heterocycles. The highest BCUT2D eigenvalue weighted by Gasteiger charge is 2.21. The van der Waals surface area contributed by atoms with E-state index in [9.17, 15) is 9.59 Å². The number of nitrogens with one attached hydrogen (secondary N) is 1. The van der Waals surface area contributed by atoms with E-state index in [0.29, 0.717) is 23.5 Å². The van der Waals surface area contributed by atoms with Crippen LogP contribution in [0.5, 0.6) is 0 Å². The molecule has 2 aromatic heterocycles. The molecule has 1 N–H and O–H groups in total. The summed E-state index contributed by atoms with van der Waals surface area (Å²) in [6, 6.07) is 22.7. The number of thiophene rings is 1. The van der Waals surface area contributed by atoms with Gasteiger partial charge in [-0.3, -0.25) is 9.48 Å². The van der Waals surface area contributed by atoms with Gasteiger partial charge in [-0.1, -0.05) is 54.6 Å². The molecule has 150 valence electrons. The fourth-order valence-corrected chi connectivity index (χ4v) is 3.67. The average Bonchev–Trinajstić information content (AvgIpc) is 3.43. The molecule has 0 aliphatic rings. The summed E-state index contributed by atoms with van der Waals surface area (Å²) >= 11 is 1.49. The third-order valence-corrected chi connectivity index (χ3v) is 5.19. The van der Waals surface area contributed by atoms with E-state index in [2.05, 4.69) is 10.4 Å². The molecule has 0 aliphatic carbocycles. The number of anilines is 1. The van der Waals surface area contributed by atoms with Crippen LogP contribution in [0.15, 0.2) is 84.4 Å². The van der Waals surface area contributed by atoms with E-state index in [1.807, 2.05) is 66.0 Å². The molecule has 0 spiro atoms. The van der Waals surface area contributed by atoms with Gasteiger partial charge in [0.15, 0.2) is 6.61 Å². The van der Waals surface area contributed by atoms with Gasteiger partial charge in [-0.2, -0.15) is 5.10 Å². The number of hydrogen-bond acceptors (Lipinski definition) is 5. The van der Waals surface area contributed by atoms with Crippen LogP contribution in [0, 0.1) is 0 Å². The van der Waals surface area contributed by atoms with Gasteiger partial charge < -0.3 is 10.1 Å². The van der Waals surface area contributed by atoms with Gasteiger partial charge in [0.1, 0.15) is 11.3 Å². The summed E-state index contributed by atoms with van der Waals surface area (Å²) in [6.45, 7) is 0.155. The molecule has 4 aromatic rings. The Hall–Kier alpha value is -3.71. The normalized spacial score (nSPS) is 10.5. The van der Waals surface area contributed by atoms with E-state index in [0.717, 1.165) is 10.4 Å². The summed E-state index contributed by atoms with van der Waals surface area (Å²) in [7, 11) is 0. The molecule has 4 rings (SSSR count). The second-order valence-corrected chi connectivity index (χ2v) is 7.49. The number of rotatable bonds is 7. The minimum absolute atomic E-state index is 0.334. The van der Waals surface area contributed by atoms with Crippen molar-refractivity contribution < 1.29 is 14.3 Å². The van der Waals surface area contributed by atoms with E-state index >= 15 is 0 Å². The Kier molecular flexibility index (Phi) is 6.01. The van der Waals surface area contributed by atoms with Gasteiger partial charge in [-0.15, -0.1) is 11.3 Å². The molecule has 2 aromatic carbocycles. The van der Waals surface area contributed by atoms with Crippen molar-refractivity contribution in [2.75, 3.05) is 11.9 Å². The number of amides is 1. The fraction of sp³-hybridized carbons (Fsp3) is 0.0870. The summed E-state index contributed by atoms with van der Waals surface area (Å²) < 4.78 is 6.98. The Bertz CT molecular complexity index is 1120. The maximum atomic E-state index is 12.7. The Balaban J connectivity index is 1.48. The number of carbonyl (C=O) groups excluding carboxylic acids is 2. The summed E-state index contributed by atoms with van der Waals surface area (Å²) in [5, 5.41) is 9.21. The van der Waals surface area contributed by atoms with Crippen molar-refractivity contribution in [3.05, 3.63) is 95.5 Å². The standard InChI is InChI=1S/C23H19N3O3S/c27-21(24-18-10-5-2-6-11-18)16-29-23(28)19-15-26(14-17-8-3-1-4-9-17)25-22(19)20-12-7-13-30-20/h1-13,15H,14,16H2,(H,24,27). The monoisotopic (exact) mass is 417 g/mol. The van der Waals surface area contributed by atoms with Crippen LogP contribution >= 0.6 is 11.3 Å². The maximum Gasteiger partial charge on any atom is 0.342 e. The van der Waals surface area contributed by atoms with Crippen molar-refractivity contribution in [3.63, 3.8) is 0 Å². The topological polar surface area (TPSA) is 73.2 Å². The second-order valence-electron chi connectivity index (χ2n) is 6.54. The third kappa shape index (κ3) is 4.82. The first-order valence-electron chi connectivity index (χ1n) is 9.36. The van der Waals surface area contributed by atoms with Gasteiger partial charge in [-0.25, -0.2) is 4.79 Å². The Morgan fingerprint density at radius 3 is 2.40 bits per heavy atom. The molecular weight excluding hydrogens is 398 g/mol. The molecule has 0 unspecified atom stereocenters. The number of hydrogen-bond donors (Lipinski definition) is 1. The molecule has 0 fully saturated rings. The van der Waals surface area contributed by atoms with Crippen molar-refractivity contribution in [1.82, 2.24) is 9.78 Å². The molecule has 0 saturated carbocycles. The number of aromatic nitrogens is 2. The van der Waals surface area contributed by atoms with E-state index < -0.39 is 11.9 Å². The SMILES string of the molecule is O=C(COC(=O)c1cn(Cc2ccccc2)nc1-c1cccs1)Nc1ccccc1. The van der Waals surface area contributed by atoms with Crippen LogP contribution < -0.4 is 5.32 Å². The van der Waals surface area contributed by atoms with E-state index in [4.69, 9.17) is 4.74 Å². The zero-order chi connectivity index (χ0) is 20.8. The van der Waals surface area contributed by atoms with Crippen molar-refractivity contribution in [2.45, 2.75) is 6.54 Å². The van der Waals surface area contributed by atoms with Crippen molar-refractivity contribution >= 4 is 28.9 Å². The minimum Gasteiger partial charge on any atom is -0.452 e. The first-order valence-corrected chi connectivity index (χ1v) is 10.2. The predicted octanol–water partition coefficient (Wildman–Crippen LogP) is 4.46. The number of nitrogens with zero attached hydrogens (tertiary/aromatic N) is 2. The third-order valence-electron chi connectivity index (χ3n) is 4.32. The maximum absolute atomic E-state index is 12.7. The van der Waals surface area contributed by atoms with Crippen LogP contribution in [-0.4, -0.2) is 28.3 Å². The molecule has 7 heteroatoms. The van der Waals surface area contributed by atoms with Crippen LogP contribution in [0.1, 0.15) is 15.9 Å². The molecule has 0 bridgehead atoms. The van der Waals surface area contributed by atoms with Crippen molar-refractivity contribution in [1.29, 1.82) is 0 Å². The van der Waals surface area contributed by atoms with E-state index in [-0.39, 0.29) is 6.61 Å². The van der Waals surface area contributed by atoms with Crippen LogP contribution in [-0.2, 0) is 16.1 Å². The molecule has 30 heavy (non-hydrogen) atoms. The van der Waals surface area contributed by atoms with Gasteiger partial charge >= 0.3 is 5.97 Å². The van der Waals surface area contributed by atoms with Gasteiger partial charge in [0.2, 0.25) is 0 Å². The van der Waals surface area contributed by atoms with Gasteiger partial charge in [0.05, 0.1) is 11.4 Å². The lowest BCUT2D eigenvalue weighted by molar-refractivity contribution is -0.119. The summed E-state index contributed by atoms with van der Waals surface area (Å²) in [5.41, 5.74) is 2.60. The fourth-order valence-electron chi connectivity index (χ4n) is 2.94. The molecule has 1 amide bonds. The highest BCUT2D eigenvalue weighted by atomic mass is 32.1. The largest absolute Gasteiger partial charge is 0.452 e. The lowest BCUT2D eigenvalue weighted by Crippen LogP contribution is -2.21. The Labute approximate surface area is 177 Å². The Morgan fingerprint density at radius 1 is 0.967 bits per heavy atom.